The maximum absolute atomic E-state index is 14.5. The summed E-state index contributed by atoms with van der Waals surface area (Å²) in [6, 6.07) is 8.88. The van der Waals surface area contributed by atoms with Gasteiger partial charge in [-0.25, -0.2) is 9.37 Å². The second-order valence-corrected chi connectivity index (χ2v) is 8.88. The fourth-order valence-electron chi connectivity index (χ4n) is 4.26. The number of allylic oxidation sites excluding steroid dienone is 4. The molecule has 6 nitrogen and oxygen atoms in total. The molecule has 0 atom stereocenters. The van der Waals surface area contributed by atoms with Crippen LogP contribution in [0.25, 0.3) is 22.2 Å². The van der Waals surface area contributed by atoms with Gasteiger partial charge < -0.3 is 10.1 Å². The molecule has 7 heteroatoms. The lowest BCUT2D eigenvalue weighted by atomic mass is 9.97. The molecule has 1 aliphatic heterocycles. The van der Waals surface area contributed by atoms with Crippen molar-refractivity contribution in [1.29, 1.82) is 0 Å². The van der Waals surface area contributed by atoms with Gasteiger partial charge in [0.1, 0.15) is 17.9 Å². The van der Waals surface area contributed by atoms with E-state index in [-0.39, 0.29) is 5.82 Å². The van der Waals surface area contributed by atoms with E-state index < -0.39 is 0 Å². The smallest absolute Gasteiger partial charge is 0.247 e. The summed E-state index contributed by atoms with van der Waals surface area (Å²) in [7, 11) is 0. The number of fused-ring (bicyclic) bond motifs is 1. The van der Waals surface area contributed by atoms with Crippen LogP contribution in [0.2, 0.25) is 0 Å². The summed E-state index contributed by atoms with van der Waals surface area (Å²) < 4.78 is 20.3. The van der Waals surface area contributed by atoms with Gasteiger partial charge in [0.05, 0.1) is 11.3 Å². The molecule has 0 spiro atoms. The molecule has 3 aromatic rings. The summed E-state index contributed by atoms with van der Waals surface area (Å²) in [6.45, 7) is 11.8. The first kappa shape index (κ1) is 23.8. The van der Waals surface area contributed by atoms with Gasteiger partial charge in [-0.1, -0.05) is 12.1 Å². The zero-order valence-electron chi connectivity index (χ0n) is 20.4. The normalized spacial score (nSPS) is 15.2. The van der Waals surface area contributed by atoms with Crippen molar-refractivity contribution < 1.29 is 9.13 Å². The molecule has 4 rings (SSSR count). The molecule has 34 heavy (non-hydrogen) atoms. The van der Waals surface area contributed by atoms with Crippen molar-refractivity contribution in [3.8, 4) is 11.1 Å². The monoisotopic (exact) mass is 461 g/mol. The Morgan fingerprint density at radius 2 is 1.88 bits per heavy atom. The molecule has 1 aromatic heterocycles. The molecule has 178 valence electrons. The Balaban J connectivity index is 1.44. The third-order valence-electron chi connectivity index (χ3n) is 6.07. The van der Waals surface area contributed by atoms with Gasteiger partial charge in [-0.05, 0) is 101 Å². The van der Waals surface area contributed by atoms with E-state index >= 15 is 0 Å². The second kappa shape index (κ2) is 10.7. The van der Waals surface area contributed by atoms with Crippen LogP contribution in [0.3, 0.4) is 0 Å². The number of halogens is 1. The number of ether oxygens (including phenoxy) is 1. The fraction of sp³-hybridized carbons (Fsp3) is 0.370. The van der Waals surface area contributed by atoms with Crippen LogP contribution >= 0.6 is 0 Å². The first-order valence-corrected chi connectivity index (χ1v) is 11.8. The van der Waals surface area contributed by atoms with Gasteiger partial charge in [-0.15, -0.1) is 10.2 Å². The molecule has 1 N–H and O–H groups in total. The Kier molecular flexibility index (Phi) is 7.53. The van der Waals surface area contributed by atoms with Crippen LogP contribution in [0.5, 0.6) is 0 Å². The van der Waals surface area contributed by atoms with Crippen molar-refractivity contribution in [3.05, 3.63) is 70.9 Å². The van der Waals surface area contributed by atoms with Gasteiger partial charge in [-0.2, -0.15) is 0 Å². The molecule has 0 bridgehead atoms. The zero-order chi connectivity index (χ0) is 24.1. The fourth-order valence-corrected chi connectivity index (χ4v) is 4.26. The summed E-state index contributed by atoms with van der Waals surface area (Å²) in [4.78, 5) is 7.07. The highest BCUT2D eigenvalue weighted by molar-refractivity contribution is 5.85. The Morgan fingerprint density at radius 1 is 1.09 bits per heavy atom. The van der Waals surface area contributed by atoms with Crippen LogP contribution in [0.15, 0.2) is 53.9 Å². The summed E-state index contributed by atoms with van der Waals surface area (Å²) in [6.07, 6.45) is 6.46. The van der Waals surface area contributed by atoms with Crippen LogP contribution in [-0.4, -0.2) is 46.3 Å². The van der Waals surface area contributed by atoms with E-state index in [2.05, 4.69) is 25.4 Å². The lowest BCUT2D eigenvalue weighted by molar-refractivity contribution is 0.173. The van der Waals surface area contributed by atoms with E-state index in [4.69, 9.17) is 4.74 Å². The molecular formula is C27H32FN5O. The van der Waals surface area contributed by atoms with Crippen molar-refractivity contribution in [2.75, 3.05) is 31.6 Å². The molecule has 0 aliphatic carbocycles. The van der Waals surface area contributed by atoms with Crippen LogP contribution in [0, 0.1) is 19.7 Å². The Hall–Kier alpha value is -3.32. The molecule has 1 aliphatic rings. The van der Waals surface area contributed by atoms with E-state index in [0.717, 1.165) is 40.2 Å². The van der Waals surface area contributed by atoms with E-state index in [1.165, 1.54) is 32.0 Å². The molecule has 0 radical (unpaired) electrons. The highest BCUT2D eigenvalue weighted by Crippen LogP contribution is 2.30. The van der Waals surface area contributed by atoms with Crippen molar-refractivity contribution in [2.45, 2.75) is 40.5 Å². The number of likely N-dealkylation sites (tertiary alicyclic amines) is 1. The van der Waals surface area contributed by atoms with Crippen molar-refractivity contribution >= 4 is 17.0 Å². The molecule has 0 amide bonds. The highest BCUT2D eigenvalue weighted by Gasteiger charge is 2.13. The van der Waals surface area contributed by atoms with Crippen molar-refractivity contribution in [1.82, 2.24) is 20.1 Å². The third kappa shape index (κ3) is 5.78. The minimum Gasteiger partial charge on any atom is -0.497 e. The molecule has 2 aromatic carbocycles. The standard InChI is InChI=1S/C27H32FN5O/c1-18-8-7-9-23(28)25(18)22-16-19(2)26-24(17-22)31-32-27(30-26)29-20(3)10-11-21(4)34-15-14-33-12-5-6-13-33/h7-11,16-17H,5-6,12-15H2,1-4H3,(H,29,30,32)/b20-10+,21-11+. The first-order valence-electron chi connectivity index (χ1n) is 11.8. The van der Waals surface area contributed by atoms with Gasteiger partial charge in [0.2, 0.25) is 5.95 Å². The number of aryl methyl sites for hydroxylation is 2. The van der Waals surface area contributed by atoms with Crippen LogP contribution < -0.4 is 5.32 Å². The minimum absolute atomic E-state index is 0.248. The minimum atomic E-state index is -0.248. The van der Waals surface area contributed by atoms with Gasteiger partial charge in [0, 0.05) is 17.8 Å². The lowest BCUT2D eigenvalue weighted by Crippen LogP contribution is -2.23. The van der Waals surface area contributed by atoms with Crippen molar-refractivity contribution in [3.63, 3.8) is 0 Å². The molecular weight excluding hydrogens is 429 g/mol. The highest BCUT2D eigenvalue weighted by atomic mass is 19.1. The third-order valence-corrected chi connectivity index (χ3v) is 6.07. The molecule has 0 saturated carbocycles. The number of anilines is 1. The average molecular weight is 462 g/mol. The quantitative estimate of drug-likeness (QED) is 0.339. The van der Waals surface area contributed by atoms with Crippen LogP contribution in [0.1, 0.15) is 37.8 Å². The van der Waals surface area contributed by atoms with E-state index in [1.54, 1.807) is 6.07 Å². The topological polar surface area (TPSA) is 63.2 Å². The maximum Gasteiger partial charge on any atom is 0.247 e. The van der Waals surface area contributed by atoms with Gasteiger partial charge in [-0.3, -0.25) is 4.90 Å². The molecule has 1 fully saturated rings. The summed E-state index contributed by atoms with van der Waals surface area (Å²) in [5.74, 6) is 1.03. The number of nitrogens with one attached hydrogen (secondary N) is 1. The van der Waals surface area contributed by atoms with Crippen LogP contribution in [0.4, 0.5) is 10.3 Å². The Morgan fingerprint density at radius 3 is 2.65 bits per heavy atom. The maximum atomic E-state index is 14.5. The number of hydrogen-bond acceptors (Lipinski definition) is 6. The van der Waals surface area contributed by atoms with Crippen LogP contribution in [-0.2, 0) is 4.74 Å². The average Bonchev–Trinajstić information content (AvgIpc) is 3.32. The van der Waals surface area contributed by atoms with E-state index in [9.17, 15) is 4.39 Å². The lowest BCUT2D eigenvalue weighted by Gasteiger charge is -2.14. The number of rotatable bonds is 8. The number of nitrogens with zero attached hydrogens (tertiary/aromatic N) is 4. The summed E-state index contributed by atoms with van der Waals surface area (Å²) >= 11 is 0. The second-order valence-electron chi connectivity index (χ2n) is 8.88. The molecule has 2 heterocycles. The van der Waals surface area contributed by atoms with E-state index in [0.29, 0.717) is 23.6 Å². The Bertz CT molecular complexity index is 1210. The SMILES string of the molecule is C/C(=C\C=C(/C)OCCN1CCCC1)Nc1nnc2cc(-c3c(C)cccc3F)cc(C)c2n1. The van der Waals surface area contributed by atoms with Gasteiger partial charge in [0.25, 0.3) is 0 Å². The van der Waals surface area contributed by atoms with Crippen molar-refractivity contribution in [2.24, 2.45) is 0 Å². The van der Waals surface area contributed by atoms with Gasteiger partial charge >= 0.3 is 0 Å². The number of benzene rings is 2. The summed E-state index contributed by atoms with van der Waals surface area (Å²) in [5, 5.41) is 11.8. The number of aromatic nitrogens is 3. The number of hydrogen-bond donors (Lipinski definition) is 1. The predicted molar refractivity (Wildman–Crippen MR) is 135 cm³/mol. The Labute approximate surface area is 200 Å². The van der Waals surface area contributed by atoms with E-state index in [1.807, 2.05) is 58.0 Å². The predicted octanol–water partition coefficient (Wildman–Crippen LogP) is 5.78. The molecule has 0 unspecified atom stereocenters. The van der Waals surface area contributed by atoms with Gasteiger partial charge in [0.15, 0.2) is 0 Å². The largest absolute Gasteiger partial charge is 0.497 e. The molecule has 1 saturated heterocycles. The zero-order valence-corrected chi connectivity index (χ0v) is 20.4. The first-order chi connectivity index (χ1) is 16.4. The summed E-state index contributed by atoms with van der Waals surface area (Å²) in [5.41, 5.74) is 5.39.